The van der Waals surface area contributed by atoms with Gasteiger partial charge in [0.2, 0.25) is 0 Å². The Bertz CT molecular complexity index is 237. The molecule has 0 radical (unpaired) electrons. The zero-order valence-electron chi connectivity index (χ0n) is 6.36. The molecule has 1 aliphatic rings. The normalized spacial score (nSPS) is 27.0. The van der Waals surface area contributed by atoms with Gasteiger partial charge in [0.1, 0.15) is 0 Å². The number of urea groups is 1. The minimum absolute atomic E-state index is 0.233. The molecule has 0 aliphatic heterocycles. The number of rotatable bonds is 2. The van der Waals surface area contributed by atoms with Crippen LogP contribution in [0.3, 0.4) is 0 Å². The number of hydrogen-bond acceptors (Lipinski definition) is 2. The number of carbonyl (C=O) groups excluding carboxylic acids is 1. The lowest BCUT2D eigenvalue weighted by molar-refractivity contribution is -0.140. The molecule has 1 rings (SSSR count). The zero-order valence-corrected chi connectivity index (χ0v) is 6.36. The van der Waals surface area contributed by atoms with E-state index in [1.165, 1.54) is 0 Å². The second-order valence-corrected chi connectivity index (χ2v) is 2.68. The molecule has 0 saturated carbocycles. The predicted molar refractivity (Wildman–Crippen MR) is 41.4 cm³/mol. The van der Waals surface area contributed by atoms with Gasteiger partial charge in [0.25, 0.3) is 0 Å². The standard InChI is InChI=1S/C7H10N2O3/c8-7(12)9-5-2-1-4(3-5)6(10)11/h1-2,4-5H,3H2,(H,10,11)(H3,8,9,12). The monoisotopic (exact) mass is 170 g/mol. The molecule has 66 valence electrons. The molecule has 0 spiro atoms. The van der Waals surface area contributed by atoms with Gasteiger partial charge in [-0.2, -0.15) is 0 Å². The first kappa shape index (κ1) is 8.58. The molecule has 2 atom stereocenters. The van der Waals surface area contributed by atoms with Gasteiger partial charge in [0.05, 0.1) is 12.0 Å². The number of carbonyl (C=O) groups is 2. The van der Waals surface area contributed by atoms with Gasteiger partial charge < -0.3 is 16.2 Å². The molecule has 12 heavy (non-hydrogen) atoms. The number of aliphatic carboxylic acids is 1. The third kappa shape index (κ3) is 1.98. The molecule has 1 aliphatic carbocycles. The summed E-state index contributed by atoms with van der Waals surface area (Å²) in [6.07, 6.45) is 3.59. The first-order chi connectivity index (χ1) is 5.59. The van der Waals surface area contributed by atoms with E-state index in [0.717, 1.165) is 0 Å². The number of nitrogens with two attached hydrogens (primary N) is 1. The number of hydrogen-bond donors (Lipinski definition) is 3. The van der Waals surface area contributed by atoms with Crippen LogP contribution >= 0.6 is 0 Å². The molecule has 2 amide bonds. The van der Waals surface area contributed by atoms with E-state index in [1.54, 1.807) is 12.2 Å². The summed E-state index contributed by atoms with van der Waals surface area (Å²) >= 11 is 0. The summed E-state index contributed by atoms with van der Waals surface area (Å²) < 4.78 is 0. The van der Waals surface area contributed by atoms with E-state index in [4.69, 9.17) is 10.8 Å². The molecule has 0 aromatic heterocycles. The molecule has 0 aromatic rings. The van der Waals surface area contributed by atoms with Crippen molar-refractivity contribution < 1.29 is 14.7 Å². The highest BCUT2D eigenvalue weighted by Gasteiger charge is 2.24. The third-order valence-corrected chi connectivity index (χ3v) is 1.73. The van der Waals surface area contributed by atoms with Gasteiger partial charge in [-0.05, 0) is 6.42 Å². The van der Waals surface area contributed by atoms with Gasteiger partial charge in [0, 0.05) is 0 Å². The summed E-state index contributed by atoms with van der Waals surface area (Å²) in [5, 5.41) is 11.0. The van der Waals surface area contributed by atoms with Crippen LogP contribution in [-0.2, 0) is 4.79 Å². The van der Waals surface area contributed by atoms with Crippen molar-refractivity contribution in [2.45, 2.75) is 12.5 Å². The highest BCUT2D eigenvalue weighted by Crippen LogP contribution is 2.17. The van der Waals surface area contributed by atoms with Crippen LogP contribution in [0, 0.1) is 5.92 Å². The minimum atomic E-state index is -0.875. The van der Waals surface area contributed by atoms with Gasteiger partial charge in [-0.15, -0.1) is 0 Å². The van der Waals surface area contributed by atoms with Gasteiger partial charge in [-0.3, -0.25) is 4.79 Å². The maximum Gasteiger partial charge on any atom is 0.312 e. The number of carboxylic acid groups (broad SMARTS) is 1. The van der Waals surface area contributed by atoms with E-state index in [1.807, 2.05) is 0 Å². The summed E-state index contributed by atoms with van der Waals surface area (Å²) in [7, 11) is 0. The number of primary amides is 1. The van der Waals surface area contributed by atoms with Crippen LogP contribution in [0.5, 0.6) is 0 Å². The summed E-state index contributed by atoms with van der Waals surface area (Å²) in [5.41, 5.74) is 4.86. The van der Waals surface area contributed by atoms with Crippen molar-refractivity contribution in [3.8, 4) is 0 Å². The Morgan fingerprint density at radius 3 is 2.58 bits per heavy atom. The Morgan fingerprint density at radius 1 is 1.50 bits per heavy atom. The first-order valence-electron chi connectivity index (χ1n) is 3.56. The van der Waals surface area contributed by atoms with Gasteiger partial charge >= 0.3 is 12.0 Å². The Kier molecular flexibility index (Phi) is 2.32. The van der Waals surface area contributed by atoms with Crippen molar-refractivity contribution in [3.05, 3.63) is 12.2 Å². The fraction of sp³-hybridized carbons (Fsp3) is 0.429. The SMILES string of the molecule is NC(=O)NC1C=CC(C(=O)O)C1. The van der Waals surface area contributed by atoms with E-state index >= 15 is 0 Å². The lowest BCUT2D eigenvalue weighted by Crippen LogP contribution is -2.37. The van der Waals surface area contributed by atoms with E-state index in [0.29, 0.717) is 6.42 Å². The van der Waals surface area contributed by atoms with Crippen LogP contribution in [0.4, 0.5) is 4.79 Å². The van der Waals surface area contributed by atoms with Crippen LogP contribution < -0.4 is 11.1 Å². The molecular formula is C7H10N2O3. The van der Waals surface area contributed by atoms with Gasteiger partial charge in [-0.25, -0.2) is 4.79 Å². The highest BCUT2D eigenvalue weighted by atomic mass is 16.4. The van der Waals surface area contributed by atoms with Crippen LogP contribution in [-0.4, -0.2) is 23.1 Å². The third-order valence-electron chi connectivity index (χ3n) is 1.73. The molecule has 0 fully saturated rings. The minimum Gasteiger partial charge on any atom is -0.481 e. The second-order valence-electron chi connectivity index (χ2n) is 2.68. The molecule has 5 heteroatoms. The number of nitrogens with one attached hydrogen (secondary N) is 1. The lowest BCUT2D eigenvalue weighted by Gasteiger charge is -2.08. The Morgan fingerprint density at radius 2 is 2.17 bits per heavy atom. The topological polar surface area (TPSA) is 92.4 Å². The number of carboxylic acids is 1. The first-order valence-corrected chi connectivity index (χ1v) is 3.56. The second kappa shape index (κ2) is 3.25. The molecule has 4 N–H and O–H groups in total. The van der Waals surface area contributed by atoms with Gasteiger partial charge in [-0.1, -0.05) is 12.2 Å². The average molecular weight is 170 g/mol. The van der Waals surface area contributed by atoms with Crippen LogP contribution in [0.1, 0.15) is 6.42 Å². The fourth-order valence-corrected chi connectivity index (χ4v) is 1.17. The summed E-state index contributed by atoms with van der Waals surface area (Å²) in [4.78, 5) is 20.8. The predicted octanol–water partition coefficient (Wildman–Crippen LogP) is -0.316. The van der Waals surface area contributed by atoms with E-state index in [-0.39, 0.29) is 6.04 Å². The summed E-state index contributed by atoms with van der Waals surface area (Å²) in [6.45, 7) is 0. The van der Waals surface area contributed by atoms with E-state index < -0.39 is 17.9 Å². The zero-order chi connectivity index (χ0) is 9.14. The van der Waals surface area contributed by atoms with Crippen LogP contribution in [0.15, 0.2) is 12.2 Å². The van der Waals surface area contributed by atoms with Gasteiger partial charge in [0.15, 0.2) is 0 Å². The van der Waals surface area contributed by atoms with Crippen molar-refractivity contribution in [1.29, 1.82) is 0 Å². The van der Waals surface area contributed by atoms with Crippen molar-refractivity contribution in [2.75, 3.05) is 0 Å². The molecule has 0 aromatic carbocycles. The number of amides is 2. The summed E-state index contributed by atoms with van der Waals surface area (Å²) in [5.74, 6) is -1.37. The molecule has 5 nitrogen and oxygen atoms in total. The molecule has 2 unspecified atom stereocenters. The van der Waals surface area contributed by atoms with E-state index in [2.05, 4.69) is 5.32 Å². The van der Waals surface area contributed by atoms with Crippen molar-refractivity contribution in [3.63, 3.8) is 0 Å². The molecular weight excluding hydrogens is 160 g/mol. The van der Waals surface area contributed by atoms with Crippen molar-refractivity contribution in [2.24, 2.45) is 11.7 Å². The maximum atomic E-state index is 10.4. The molecule has 0 saturated heterocycles. The summed E-state index contributed by atoms with van der Waals surface area (Å²) in [6, 6.07) is -0.862. The Labute approximate surface area is 69.2 Å². The molecule has 0 bridgehead atoms. The Hall–Kier alpha value is -1.52. The maximum absolute atomic E-state index is 10.4. The van der Waals surface area contributed by atoms with Crippen LogP contribution in [0.25, 0.3) is 0 Å². The van der Waals surface area contributed by atoms with E-state index in [9.17, 15) is 9.59 Å². The quantitative estimate of drug-likeness (QED) is 0.496. The largest absolute Gasteiger partial charge is 0.481 e. The average Bonchev–Trinajstić information content (AvgIpc) is 2.34. The van der Waals surface area contributed by atoms with Crippen molar-refractivity contribution in [1.82, 2.24) is 5.32 Å². The molecule has 0 heterocycles. The highest BCUT2D eigenvalue weighted by molar-refractivity contribution is 5.75. The fourth-order valence-electron chi connectivity index (χ4n) is 1.17. The lowest BCUT2D eigenvalue weighted by atomic mass is 10.1. The van der Waals surface area contributed by atoms with Crippen LogP contribution in [0.2, 0.25) is 0 Å². The van der Waals surface area contributed by atoms with Crippen molar-refractivity contribution >= 4 is 12.0 Å². The Balaban J connectivity index is 2.42. The smallest absolute Gasteiger partial charge is 0.312 e.